The Kier molecular flexibility index (Phi) is 3.89. The fourth-order valence-electron chi connectivity index (χ4n) is 2.87. The van der Waals surface area contributed by atoms with Crippen LogP contribution in [-0.2, 0) is 14.3 Å². The number of benzene rings is 1. The van der Waals surface area contributed by atoms with Crippen LogP contribution >= 0.6 is 0 Å². The minimum absolute atomic E-state index is 0.225. The van der Waals surface area contributed by atoms with Crippen LogP contribution in [-0.4, -0.2) is 56.9 Å². The highest BCUT2D eigenvalue weighted by Crippen LogP contribution is 2.34. The van der Waals surface area contributed by atoms with Gasteiger partial charge in [0.25, 0.3) is 0 Å². The third kappa shape index (κ3) is 2.51. The number of ether oxygens (including phenoxy) is 3. The normalized spacial score (nSPS) is 25.9. The van der Waals surface area contributed by atoms with E-state index in [1.807, 2.05) is 18.2 Å². The minimum Gasteiger partial charge on any atom is -0.493 e. The topological polar surface area (TPSA) is 48.0 Å². The fraction of sp³-hybridized carbons (Fsp3) is 0.533. The number of rotatable bonds is 3. The summed E-state index contributed by atoms with van der Waals surface area (Å²) < 4.78 is 16.0. The van der Waals surface area contributed by atoms with Gasteiger partial charge in [0.05, 0.1) is 26.9 Å². The van der Waals surface area contributed by atoms with Crippen LogP contribution in [0.2, 0.25) is 0 Å². The van der Waals surface area contributed by atoms with Gasteiger partial charge in [-0.3, -0.25) is 9.69 Å². The number of esters is 1. The molecular formula is C15H19NO4. The largest absolute Gasteiger partial charge is 0.493 e. The molecule has 0 radical (unpaired) electrons. The number of para-hydroxylation sites is 1. The van der Waals surface area contributed by atoms with Crippen molar-refractivity contribution in [1.82, 2.24) is 4.90 Å². The molecule has 5 nitrogen and oxygen atoms in total. The van der Waals surface area contributed by atoms with E-state index in [4.69, 9.17) is 14.2 Å². The molecule has 0 spiro atoms. The zero-order valence-electron chi connectivity index (χ0n) is 11.6. The third-order valence-corrected chi connectivity index (χ3v) is 3.97. The number of fused-ring (bicyclic) bond motifs is 1. The monoisotopic (exact) mass is 277 g/mol. The number of carbonyl (C=O) groups is 1. The van der Waals surface area contributed by atoms with Crippen molar-refractivity contribution in [2.75, 3.05) is 40.0 Å². The molecule has 0 saturated carbocycles. The van der Waals surface area contributed by atoms with Crippen molar-refractivity contribution in [1.29, 1.82) is 0 Å². The number of carbonyl (C=O) groups excluding carboxylic acids is 1. The highest BCUT2D eigenvalue weighted by atomic mass is 16.5. The molecule has 1 saturated heterocycles. The lowest BCUT2D eigenvalue weighted by Crippen LogP contribution is -2.51. The first-order valence-corrected chi connectivity index (χ1v) is 6.91. The Morgan fingerprint density at radius 1 is 1.40 bits per heavy atom. The molecule has 3 rings (SSSR count). The summed E-state index contributed by atoms with van der Waals surface area (Å²) in [5.74, 6) is 1.04. The number of morpholine rings is 1. The van der Waals surface area contributed by atoms with Crippen LogP contribution in [0.3, 0.4) is 0 Å². The van der Waals surface area contributed by atoms with Gasteiger partial charge < -0.3 is 14.2 Å². The van der Waals surface area contributed by atoms with Gasteiger partial charge in [0.15, 0.2) is 0 Å². The van der Waals surface area contributed by atoms with Gasteiger partial charge >= 0.3 is 5.97 Å². The van der Waals surface area contributed by atoms with E-state index in [1.165, 1.54) is 12.7 Å². The first kappa shape index (κ1) is 13.4. The molecular weight excluding hydrogens is 258 g/mol. The van der Waals surface area contributed by atoms with E-state index in [2.05, 4.69) is 11.0 Å². The Bertz CT molecular complexity index is 491. The number of methoxy groups -OCH3 is 1. The molecule has 2 unspecified atom stereocenters. The van der Waals surface area contributed by atoms with Crippen molar-refractivity contribution in [3.63, 3.8) is 0 Å². The zero-order valence-corrected chi connectivity index (χ0v) is 11.6. The van der Waals surface area contributed by atoms with E-state index >= 15 is 0 Å². The average Bonchev–Trinajstić information content (AvgIpc) is 2.90. The van der Waals surface area contributed by atoms with E-state index in [-0.39, 0.29) is 12.0 Å². The van der Waals surface area contributed by atoms with Crippen LogP contribution < -0.4 is 4.74 Å². The molecule has 5 heteroatoms. The maximum absolute atomic E-state index is 11.8. The molecule has 0 amide bonds. The molecule has 2 heterocycles. The summed E-state index contributed by atoms with van der Waals surface area (Å²) in [5, 5.41) is 0. The molecule has 0 aliphatic carbocycles. The Morgan fingerprint density at radius 3 is 3.10 bits per heavy atom. The summed E-state index contributed by atoms with van der Waals surface area (Å²) in [6.45, 7) is 3.27. The lowest BCUT2D eigenvalue weighted by Gasteiger charge is -2.34. The van der Waals surface area contributed by atoms with Crippen molar-refractivity contribution in [3.05, 3.63) is 29.8 Å². The molecule has 0 N–H and O–H groups in total. The van der Waals surface area contributed by atoms with Crippen molar-refractivity contribution in [2.45, 2.75) is 12.0 Å². The molecule has 108 valence electrons. The SMILES string of the molecule is COC(=O)C1COCCN1CC1COc2ccccc21. The molecule has 1 aromatic carbocycles. The summed E-state index contributed by atoms with van der Waals surface area (Å²) >= 11 is 0. The van der Waals surface area contributed by atoms with Crippen molar-refractivity contribution >= 4 is 5.97 Å². The van der Waals surface area contributed by atoms with Crippen molar-refractivity contribution in [3.8, 4) is 5.75 Å². The summed E-state index contributed by atoms with van der Waals surface area (Å²) in [5.41, 5.74) is 1.22. The van der Waals surface area contributed by atoms with Gasteiger partial charge in [-0.05, 0) is 6.07 Å². The fourth-order valence-corrected chi connectivity index (χ4v) is 2.87. The van der Waals surface area contributed by atoms with Crippen LogP contribution in [0.4, 0.5) is 0 Å². The second-order valence-electron chi connectivity index (χ2n) is 5.15. The summed E-state index contributed by atoms with van der Waals surface area (Å²) in [6, 6.07) is 7.79. The summed E-state index contributed by atoms with van der Waals surface area (Å²) in [6.07, 6.45) is 0. The van der Waals surface area contributed by atoms with Gasteiger partial charge in [0, 0.05) is 24.6 Å². The first-order valence-electron chi connectivity index (χ1n) is 6.91. The quantitative estimate of drug-likeness (QED) is 0.773. The van der Waals surface area contributed by atoms with Crippen molar-refractivity contribution in [2.24, 2.45) is 0 Å². The molecule has 1 aromatic rings. The molecule has 20 heavy (non-hydrogen) atoms. The summed E-state index contributed by atoms with van der Waals surface area (Å²) in [7, 11) is 1.42. The predicted molar refractivity (Wildman–Crippen MR) is 72.9 cm³/mol. The Balaban J connectivity index is 1.72. The summed E-state index contributed by atoms with van der Waals surface area (Å²) in [4.78, 5) is 14.0. The van der Waals surface area contributed by atoms with Crippen LogP contribution in [0, 0.1) is 0 Å². The number of nitrogens with zero attached hydrogens (tertiary/aromatic N) is 1. The van der Waals surface area contributed by atoms with E-state index in [0.29, 0.717) is 25.7 Å². The molecule has 1 fully saturated rings. The van der Waals surface area contributed by atoms with Gasteiger partial charge in [-0.15, -0.1) is 0 Å². The second-order valence-corrected chi connectivity index (χ2v) is 5.15. The van der Waals surface area contributed by atoms with Crippen LogP contribution in [0.1, 0.15) is 11.5 Å². The zero-order chi connectivity index (χ0) is 13.9. The molecule has 0 aromatic heterocycles. The average molecular weight is 277 g/mol. The second kappa shape index (κ2) is 5.81. The maximum atomic E-state index is 11.8. The van der Waals surface area contributed by atoms with E-state index in [0.717, 1.165) is 18.8 Å². The maximum Gasteiger partial charge on any atom is 0.325 e. The third-order valence-electron chi connectivity index (χ3n) is 3.97. The molecule has 2 aliphatic rings. The molecule has 2 atom stereocenters. The van der Waals surface area contributed by atoms with E-state index in [1.54, 1.807) is 0 Å². The van der Waals surface area contributed by atoms with Gasteiger partial charge in [0.2, 0.25) is 0 Å². The van der Waals surface area contributed by atoms with Gasteiger partial charge in [-0.25, -0.2) is 0 Å². The lowest BCUT2D eigenvalue weighted by atomic mass is 10.00. The minimum atomic E-state index is -0.304. The van der Waals surface area contributed by atoms with Gasteiger partial charge in [-0.2, -0.15) is 0 Å². The Hall–Kier alpha value is -1.59. The molecule has 2 aliphatic heterocycles. The van der Waals surface area contributed by atoms with Gasteiger partial charge in [-0.1, -0.05) is 18.2 Å². The highest BCUT2D eigenvalue weighted by molar-refractivity contribution is 5.76. The van der Waals surface area contributed by atoms with E-state index < -0.39 is 0 Å². The Labute approximate surface area is 118 Å². The highest BCUT2D eigenvalue weighted by Gasteiger charge is 2.34. The smallest absolute Gasteiger partial charge is 0.325 e. The predicted octanol–water partition coefficient (Wildman–Crippen LogP) is 1.04. The molecule has 0 bridgehead atoms. The number of hydrogen-bond acceptors (Lipinski definition) is 5. The van der Waals surface area contributed by atoms with E-state index in [9.17, 15) is 4.79 Å². The van der Waals surface area contributed by atoms with Gasteiger partial charge in [0.1, 0.15) is 11.8 Å². The van der Waals surface area contributed by atoms with Crippen molar-refractivity contribution < 1.29 is 19.0 Å². The first-order chi connectivity index (χ1) is 9.79. The lowest BCUT2D eigenvalue weighted by molar-refractivity contribution is -0.153. The number of hydrogen-bond donors (Lipinski definition) is 0. The Morgan fingerprint density at radius 2 is 2.25 bits per heavy atom. The standard InChI is InChI=1S/C15H19NO4/c1-18-15(17)13-10-19-7-6-16(13)8-11-9-20-14-5-3-2-4-12(11)14/h2-5,11,13H,6-10H2,1H3. The van der Waals surface area contributed by atoms with Crippen LogP contribution in [0.5, 0.6) is 5.75 Å². The van der Waals surface area contributed by atoms with Crippen LogP contribution in [0.15, 0.2) is 24.3 Å². The van der Waals surface area contributed by atoms with Crippen LogP contribution in [0.25, 0.3) is 0 Å².